The molecule has 1 heterocycles. The summed E-state index contributed by atoms with van der Waals surface area (Å²) in [6.45, 7) is 0. The third-order valence-corrected chi connectivity index (χ3v) is 4.01. The molecular weight excluding hydrogens is 340 g/mol. The maximum Gasteiger partial charge on any atom is 0.164 e. The molecule has 2 aromatic carbocycles. The Labute approximate surface area is 128 Å². The summed E-state index contributed by atoms with van der Waals surface area (Å²) in [7, 11) is 1.68. The maximum atomic E-state index is 14.0. The summed E-state index contributed by atoms with van der Waals surface area (Å²) in [5.74, 6) is -1.20. The minimum absolute atomic E-state index is 0.215. The van der Waals surface area contributed by atoms with Gasteiger partial charge in [0.1, 0.15) is 11.3 Å². The zero-order valence-electron chi connectivity index (χ0n) is 11.2. The summed E-state index contributed by atoms with van der Waals surface area (Å²) >= 11 is 3.42. The molecule has 0 aliphatic heterocycles. The first kappa shape index (κ1) is 14.2. The van der Waals surface area contributed by atoms with Gasteiger partial charge in [0.25, 0.3) is 0 Å². The number of fused-ring (bicyclic) bond motifs is 1. The summed E-state index contributed by atoms with van der Waals surface area (Å²) in [4.78, 5) is 0. The van der Waals surface area contributed by atoms with Gasteiger partial charge in [-0.1, -0.05) is 24.3 Å². The van der Waals surface area contributed by atoms with Crippen LogP contribution in [0.5, 0.6) is 0 Å². The number of furan rings is 1. The van der Waals surface area contributed by atoms with Crippen LogP contribution < -0.4 is 5.32 Å². The van der Waals surface area contributed by atoms with Gasteiger partial charge in [0, 0.05) is 10.9 Å². The smallest absolute Gasteiger partial charge is 0.164 e. The number of nitrogens with one attached hydrogen (secondary N) is 1. The second-order valence-corrected chi connectivity index (χ2v) is 5.53. The summed E-state index contributed by atoms with van der Waals surface area (Å²) in [5, 5.41) is 3.87. The molecule has 21 heavy (non-hydrogen) atoms. The molecule has 5 heteroatoms. The van der Waals surface area contributed by atoms with E-state index in [4.69, 9.17) is 4.42 Å². The van der Waals surface area contributed by atoms with E-state index < -0.39 is 17.7 Å². The summed E-state index contributed by atoms with van der Waals surface area (Å²) in [6, 6.07) is 11.1. The lowest BCUT2D eigenvalue weighted by molar-refractivity contribution is 0.454. The standard InChI is InChI=1S/C16H12BrF2NO/c1-20-15(10-5-3-7-12(18)14(10)19)13-8-9-4-2-6-11(17)16(9)21-13/h2-8,15,20H,1H3. The largest absolute Gasteiger partial charge is 0.458 e. The van der Waals surface area contributed by atoms with Gasteiger partial charge in [-0.25, -0.2) is 8.78 Å². The van der Waals surface area contributed by atoms with Crippen LogP contribution in [0.25, 0.3) is 11.0 Å². The van der Waals surface area contributed by atoms with Gasteiger partial charge in [0.2, 0.25) is 0 Å². The molecule has 1 aromatic heterocycles. The summed E-state index contributed by atoms with van der Waals surface area (Å²) in [5.41, 5.74) is 0.900. The van der Waals surface area contributed by atoms with Gasteiger partial charge in [0.15, 0.2) is 11.6 Å². The molecule has 0 aliphatic carbocycles. The molecule has 3 rings (SSSR count). The quantitative estimate of drug-likeness (QED) is 0.734. The molecule has 0 bridgehead atoms. The highest BCUT2D eigenvalue weighted by Crippen LogP contribution is 2.33. The molecule has 0 saturated heterocycles. The van der Waals surface area contributed by atoms with Crippen molar-refractivity contribution in [2.75, 3.05) is 7.05 Å². The minimum Gasteiger partial charge on any atom is -0.458 e. The predicted molar refractivity (Wildman–Crippen MR) is 81.2 cm³/mol. The molecule has 3 aromatic rings. The zero-order valence-corrected chi connectivity index (χ0v) is 12.7. The average molecular weight is 352 g/mol. The van der Waals surface area contributed by atoms with Gasteiger partial charge in [-0.2, -0.15) is 0 Å². The van der Waals surface area contributed by atoms with Crippen LogP contribution in [0, 0.1) is 11.6 Å². The Kier molecular flexibility index (Phi) is 3.78. The second kappa shape index (κ2) is 5.58. The van der Waals surface area contributed by atoms with Crippen molar-refractivity contribution in [3.63, 3.8) is 0 Å². The molecule has 0 amide bonds. The van der Waals surface area contributed by atoms with E-state index in [-0.39, 0.29) is 5.56 Å². The van der Waals surface area contributed by atoms with Gasteiger partial charge < -0.3 is 9.73 Å². The molecule has 1 atom stereocenters. The number of halogens is 3. The van der Waals surface area contributed by atoms with Gasteiger partial charge in [-0.15, -0.1) is 0 Å². The van der Waals surface area contributed by atoms with Crippen molar-refractivity contribution in [2.24, 2.45) is 0 Å². The number of hydrogen-bond acceptors (Lipinski definition) is 2. The SMILES string of the molecule is CNC(c1cc2cccc(Br)c2o1)c1cccc(F)c1F. The Hall–Kier alpha value is -1.72. The van der Waals surface area contributed by atoms with Crippen LogP contribution in [-0.2, 0) is 0 Å². The van der Waals surface area contributed by atoms with E-state index in [1.54, 1.807) is 13.1 Å². The molecule has 1 unspecified atom stereocenters. The van der Waals surface area contributed by atoms with Crippen LogP contribution in [-0.4, -0.2) is 7.05 Å². The van der Waals surface area contributed by atoms with Crippen molar-refractivity contribution in [3.8, 4) is 0 Å². The first-order valence-electron chi connectivity index (χ1n) is 6.41. The molecule has 0 spiro atoms. The lowest BCUT2D eigenvalue weighted by atomic mass is 10.0. The van der Waals surface area contributed by atoms with E-state index in [0.29, 0.717) is 11.3 Å². The Bertz CT molecular complexity index is 800. The van der Waals surface area contributed by atoms with Crippen LogP contribution in [0.4, 0.5) is 8.78 Å². The third kappa shape index (κ3) is 2.47. The van der Waals surface area contributed by atoms with Crippen LogP contribution in [0.1, 0.15) is 17.4 Å². The Balaban J connectivity index is 2.14. The first-order valence-corrected chi connectivity index (χ1v) is 7.20. The first-order chi connectivity index (χ1) is 10.1. The van der Waals surface area contributed by atoms with E-state index in [9.17, 15) is 8.78 Å². The highest BCUT2D eigenvalue weighted by Gasteiger charge is 2.22. The molecule has 108 valence electrons. The molecule has 2 nitrogen and oxygen atoms in total. The monoisotopic (exact) mass is 351 g/mol. The Morgan fingerprint density at radius 1 is 1.14 bits per heavy atom. The average Bonchev–Trinajstić information content (AvgIpc) is 2.89. The molecule has 0 saturated carbocycles. The highest BCUT2D eigenvalue weighted by molar-refractivity contribution is 9.10. The van der Waals surface area contributed by atoms with E-state index >= 15 is 0 Å². The van der Waals surface area contributed by atoms with E-state index in [2.05, 4.69) is 21.2 Å². The topological polar surface area (TPSA) is 25.2 Å². The van der Waals surface area contributed by atoms with Crippen molar-refractivity contribution < 1.29 is 13.2 Å². The van der Waals surface area contributed by atoms with Crippen LogP contribution in [0.3, 0.4) is 0 Å². The van der Waals surface area contributed by atoms with E-state index in [1.807, 2.05) is 24.3 Å². The summed E-state index contributed by atoms with van der Waals surface area (Å²) in [6.07, 6.45) is 0. The highest BCUT2D eigenvalue weighted by atomic mass is 79.9. The van der Waals surface area contributed by atoms with Gasteiger partial charge >= 0.3 is 0 Å². The van der Waals surface area contributed by atoms with Crippen molar-refractivity contribution in [3.05, 3.63) is 69.9 Å². The molecule has 0 radical (unpaired) electrons. The van der Waals surface area contributed by atoms with Crippen molar-refractivity contribution in [1.29, 1.82) is 0 Å². The molecule has 1 N–H and O–H groups in total. The van der Waals surface area contributed by atoms with E-state index in [0.717, 1.165) is 15.9 Å². The summed E-state index contributed by atoms with van der Waals surface area (Å²) < 4.78 is 34.0. The molecule has 0 aliphatic rings. The minimum atomic E-state index is -0.870. The van der Waals surface area contributed by atoms with Crippen LogP contribution in [0.15, 0.2) is 51.4 Å². The van der Waals surface area contributed by atoms with Crippen molar-refractivity contribution in [2.45, 2.75) is 6.04 Å². The predicted octanol–water partition coefficient (Wildman–Crippen LogP) is 4.78. The van der Waals surface area contributed by atoms with Crippen LogP contribution in [0.2, 0.25) is 0 Å². The molecule has 0 fully saturated rings. The Morgan fingerprint density at radius 2 is 1.90 bits per heavy atom. The van der Waals surface area contributed by atoms with Gasteiger partial charge in [-0.05, 0) is 41.2 Å². The molecular formula is C16H12BrF2NO. The second-order valence-electron chi connectivity index (χ2n) is 4.67. The lowest BCUT2D eigenvalue weighted by Gasteiger charge is -2.15. The zero-order chi connectivity index (χ0) is 15.0. The van der Waals surface area contributed by atoms with Crippen molar-refractivity contribution in [1.82, 2.24) is 5.32 Å². The van der Waals surface area contributed by atoms with Gasteiger partial charge in [-0.3, -0.25) is 0 Å². The van der Waals surface area contributed by atoms with Gasteiger partial charge in [0.05, 0.1) is 10.5 Å². The normalized spacial score (nSPS) is 12.8. The number of benzene rings is 2. The number of rotatable bonds is 3. The van der Waals surface area contributed by atoms with Crippen molar-refractivity contribution >= 4 is 26.9 Å². The fourth-order valence-electron chi connectivity index (χ4n) is 2.38. The maximum absolute atomic E-state index is 14.0. The number of hydrogen-bond donors (Lipinski definition) is 1. The lowest BCUT2D eigenvalue weighted by Crippen LogP contribution is -2.18. The number of para-hydroxylation sites is 1. The third-order valence-electron chi connectivity index (χ3n) is 3.38. The fourth-order valence-corrected chi connectivity index (χ4v) is 2.85. The van der Waals surface area contributed by atoms with E-state index in [1.165, 1.54) is 6.07 Å². The Morgan fingerprint density at radius 3 is 2.62 bits per heavy atom. The fraction of sp³-hybridized carbons (Fsp3) is 0.125. The van der Waals surface area contributed by atoms with Crippen LogP contribution >= 0.6 is 15.9 Å².